The number of ether oxygens (including phenoxy) is 1. The molecule has 0 fully saturated rings. The van der Waals surface area contributed by atoms with Crippen LogP contribution in [-0.2, 0) is 17.5 Å². The zero-order chi connectivity index (χ0) is 28.5. The minimum atomic E-state index is -4.91. The average Bonchev–Trinajstić information content (AvgIpc) is 2.90. The van der Waals surface area contributed by atoms with Crippen LogP contribution < -0.4 is 11.3 Å². The number of halogens is 3. The molecular formula is C30H24F3N3O3. The van der Waals surface area contributed by atoms with Crippen molar-refractivity contribution in [1.82, 2.24) is 4.57 Å². The number of alkyl halides is 3. The van der Waals surface area contributed by atoms with Gasteiger partial charge in [0.25, 0.3) is 5.56 Å². The van der Waals surface area contributed by atoms with Gasteiger partial charge in [-0.05, 0) is 65.9 Å². The summed E-state index contributed by atoms with van der Waals surface area (Å²) in [5, 5.41) is 9.50. The lowest BCUT2D eigenvalue weighted by molar-refractivity contribution is -0.137. The monoisotopic (exact) mass is 531 g/mol. The fraction of sp³-hybridized carbons (Fsp3) is 0.167. The minimum absolute atomic E-state index is 0.00298. The summed E-state index contributed by atoms with van der Waals surface area (Å²) < 4.78 is 47.8. The number of nitrogen functional groups attached to an aromatic ring is 1. The van der Waals surface area contributed by atoms with E-state index in [2.05, 4.69) is 0 Å². The van der Waals surface area contributed by atoms with Crippen LogP contribution >= 0.6 is 0 Å². The normalized spacial score (nSPS) is 11.2. The van der Waals surface area contributed by atoms with Crippen molar-refractivity contribution in [2.24, 2.45) is 0 Å². The van der Waals surface area contributed by atoms with Gasteiger partial charge in [-0.1, -0.05) is 48.0 Å². The highest BCUT2D eigenvalue weighted by Crippen LogP contribution is 2.35. The van der Waals surface area contributed by atoms with E-state index in [1.165, 1.54) is 29.9 Å². The minimum Gasteiger partial charge on any atom is -0.465 e. The van der Waals surface area contributed by atoms with Crippen molar-refractivity contribution in [1.29, 1.82) is 5.26 Å². The van der Waals surface area contributed by atoms with E-state index in [9.17, 15) is 28.0 Å². The lowest BCUT2D eigenvalue weighted by atomic mass is 9.97. The number of aromatic nitrogens is 1. The third kappa shape index (κ3) is 5.41. The number of nitriles is 1. The number of pyridine rings is 1. The van der Waals surface area contributed by atoms with Gasteiger partial charge in [0.2, 0.25) is 0 Å². The van der Waals surface area contributed by atoms with E-state index >= 15 is 0 Å². The van der Waals surface area contributed by atoms with E-state index in [1.54, 1.807) is 30.3 Å². The van der Waals surface area contributed by atoms with Crippen molar-refractivity contribution in [3.05, 3.63) is 110 Å². The summed E-state index contributed by atoms with van der Waals surface area (Å²) in [4.78, 5) is 25.5. The van der Waals surface area contributed by atoms with Crippen LogP contribution in [0.2, 0.25) is 0 Å². The van der Waals surface area contributed by atoms with E-state index in [0.29, 0.717) is 16.7 Å². The Morgan fingerprint density at radius 3 is 2.33 bits per heavy atom. The van der Waals surface area contributed by atoms with E-state index in [-0.39, 0.29) is 23.5 Å². The molecule has 0 saturated carbocycles. The van der Waals surface area contributed by atoms with Crippen molar-refractivity contribution >= 4 is 11.7 Å². The second kappa shape index (κ2) is 10.5. The molecule has 198 valence electrons. The third-order valence-electron chi connectivity index (χ3n) is 6.49. The molecule has 4 rings (SSSR count). The summed E-state index contributed by atoms with van der Waals surface area (Å²) >= 11 is 0. The number of hydrogen-bond donors (Lipinski definition) is 1. The number of methoxy groups -OCH3 is 1. The molecule has 0 saturated heterocycles. The summed E-state index contributed by atoms with van der Waals surface area (Å²) in [5.74, 6) is -0.630. The molecular weight excluding hydrogens is 507 g/mol. The Bertz CT molecular complexity index is 1700. The maximum atomic E-state index is 14.0. The topological polar surface area (TPSA) is 98.1 Å². The Morgan fingerprint density at radius 2 is 1.69 bits per heavy atom. The van der Waals surface area contributed by atoms with Gasteiger partial charge in [-0.3, -0.25) is 4.79 Å². The Morgan fingerprint density at radius 1 is 1.00 bits per heavy atom. The van der Waals surface area contributed by atoms with Crippen molar-refractivity contribution < 1.29 is 22.7 Å². The lowest BCUT2D eigenvalue weighted by Crippen LogP contribution is -2.29. The van der Waals surface area contributed by atoms with Crippen LogP contribution in [0.1, 0.15) is 38.2 Å². The first-order valence-corrected chi connectivity index (χ1v) is 11.8. The molecule has 2 N–H and O–H groups in total. The van der Waals surface area contributed by atoms with Crippen LogP contribution in [0, 0.1) is 25.2 Å². The van der Waals surface area contributed by atoms with Gasteiger partial charge in [-0.15, -0.1) is 0 Å². The molecule has 3 aromatic carbocycles. The molecule has 4 aromatic rings. The number of carbonyl (C=O) groups is 1. The molecule has 1 aromatic heterocycles. The van der Waals surface area contributed by atoms with Gasteiger partial charge in [-0.2, -0.15) is 18.4 Å². The predicted molar refractivity (Wildman–Crippen MR) is 142 cm³/mol. The maximum Gasteiger partial charge on any atom is 0.417 e. The van der Waals surface area contributed by atoms with Crippen LogP contribution in [0.5, 0.6) is 0 Å². The van der Waals surface area contributed by atoms with Crippen molar-refractivity contribution in [2.75, 3.05) is 12.8 Å². The number of carbonyl (C=O) groups excluding carboxylic acids is 1. The van der Waals surface area contributed by atoms with E-state index in [4.69, 9.17) is 10.5 Å². The first-order valence-electron chi connectivity index (χ1n) is 11.8. The molecule has 0 unspecified atom stereocenters. The molecule has 9 heteroatoms. The molecule has 39 heavy (non-hydrogen) atoms. The molecule has 0 spiro atoms. The van der Waals surface area contributed by atoms with Crippen LogP contribution in [0.3, 0.4) is 0 Å². The summed E-state index contributed by atoms with van der Waals surface area (Å²) in [6.45, 7) is 3.73. The standard InChI is InChI=1S/C30H24F3N3O3/c1-17-7-8-22(18(2)11-17)16-36-27(14-25(30(31,32)33)24(15-34)28(36)37)21-6-4-5-19(12-21)20-9-10-26(35)23(13-20)29(38)39-3/h4-14H,16,35H2,1-3H3. The number of nitrogens with two attached hydrogens (primary N) is 1. The summed E-state index contributed by atoms with van der Waals surface area (Å²) in [5.41, 5.74) is 7.01. The zero-order valence-corrected chi connectivity index (χ0v) is 21.4. The Hall–Kier alpha value is -4.84. The number of anilines is 1. The molecule has 0 amide bonds. The number of aryl methyl sites for hydroxylation is 2. The average molecular weight is 532 g/mol. The third-order valence-corrected chi connectivity index (χ3v) is 6.49. The van der Waals surface area contributed by atoms with Gasteiger partial charge in [0.15, 0.2) is 0 Å². The molecule has 6 nitrogen and oxygen atoms in total. The highest BCUT2D eigenvalue weighted by Gasteiger charge is 2.36. The van der Waals surface area contributed by atoms with Gasteiger partial charge in [0, 0.05) is 5.69 Å². The van der Waals surface area contributed by atoms with E-state index in [1.807, 2.05) is 32.0 Å². The predicted octanol–water partition coefficient (Wildman–Crippen LogP) is 6.11. The SMILES string of the molecule is COC(=O)c1cc(-c2cccc(-c3cc(C(F)(F)F)c(C#N)c(=O)n3Cc3ccc(C)cc3C)c2)ccc1N. The van der Waals surface area contributed by atoms with Gasteiger partial charge < -0.3 is 15.0 Å². The lowest BCUT2D eigenvalue weighted by Gasteiger charge is -2.19. The van der Waals surface area contributed by atoms with E-state index in [0.717, 1.165) is 22.8 Å². The molecule has 0 aliphatic heterocycles. The Balaban J connectivity index is 1.96. The number of esters is 1. The maximum absolute atomic E-state index is 14.0. The summed E-state index contributed by atoms with van der Waals surface area (Å²) in [7, 11) is 1.23. The smallest absolute Gasteiger partial charge is 0.417 e. The van der Waals surface area contributed by atoms with Crippen LogP contribution in [-0.4, -0.2) is 17.6 Å². The number of nitrogens with zero attached hydrogens (tertiary/aromatic N) is 2. The van der Waals surface area contributed by atoms with Crippen molar-refractivity contribution in [3.8, 4) is 28.5 Å². The van der Waals surface area contributed by atoms with Crippen LogP contribution in [0.25, 0.3) is 22.4 Å². The highest BCUT2D eigenvalue weighted by molar-refractivity contribution is 5.96. The summed E-state index contributed by atoms with van der Waals surface area (Å²) in [6, 6.07) is 19.2. The first kappa shape index (κ1) is 27.2. The molecule has 0 aliphatic rings. The second-order valence-corrected chi connectivity index (χ2v) is 9.12. The fourth-order valence-corrected chi connectivity index (χ4v) is 4.45. The quantitative estimate of drug-likeness (QED) is 0.248. The molecule has 0 aliphatic carbocycles. The van der Waals surface area contributed by atoms with E-state index < -0.39 is 28.8 Å². The van der Waals surface area contributed by atoms with Crippen molar-refractivity contribution in [3.63, 3.8) is 0 Å². The first-order chi connectivity index (χ1) is 18.4. The number of benzene rings is 3. The van der Waals surface area contributed by atoms with Gasteiger partial charge in [-0.25, -0.2) is 4.79 Å². The molecule has 1 heterocycles. The fourth-order valence-electron chi connectivity index (χ4n) is 4.45. The molecule has 0 bridgehead atoms. The van der Waals surface area contributed by atoms with Crippen LogP contribution in [0.4, 0.5) is 18.9 Å². The molecule has 0 radical (unpaired) electrons. The Labute approximate surface area is 222 Å². The van der Waals surface area contributed by atoms with Gasteiger partial charge in [0.05, 0.1) is 30.5 Å². The number of hydrogen-bond acceptors (Lipinski definition) is 5. The zero-order valence-electron chi connectivity index (χ0n) is 21.4. The van der Waals surface area contributed by atoms with Crippen molar-refractivity contribution in [2.45, 2.75) is 26.6 Å². The number of rotatable bonds is 5. The molecule has 0 atom stereocenters. The van der Waals surface area contributed by atoms with Crippen LogP contribution in [0.15, 0.2) is 71.5 Å². The summed E-state index contributed by atoms with van der Waals surface area (Å²) in [6.07, 6.45) is -4.91. The highest BCUT2D eigenvalue weighted by atomic mass is 19.4. The van der Waals surface area contributed by atoms with Gasteiger partial charge >= 0.3 is 12.1 Å². The Kier molecular flexibility index (Phi) is 7.32. The second-order valence-electron chi connectivity index (χ2n) is 9.12. The largest absolute Gasteiger partial charge is 0.465 e. The van der Waals surface area contributed by atoms with Gasteiger partial charge in [0.1, 0.15) is 11.6 Å².